The summed E-state index contributed by atoms with van der Waals surface area (Å²) in [5, 5.41) is 5.71. The van der Waals surface area contributed by atoms with Crippen molar-refractivity contribution in [1.29, 1.82) is 0 Å². The number of carbonyl (C=O) groups excluding carboxylic acids is 2. The van der Waals surface area contributed by atoms with Crippen molar-refractivity contribution in [2.75, 3.05) is 11.9 Å². The number of ether oxygens (including phenoxy) is 1. The van der Waals surface area contributed by atoms with Crippen molar-refractivity contribution in [2.24, 2.45) is 5.92 Å². The molecule has 2 N–H and O–H groups in total. The average Bonchev–Trinajstić information content (AvgIpc) is 3.44. The summed E-state index contributed by atoms with van der Waals surface area (Å²) in [6.45, 7) is 1.33. The summed E-state index contributed by atoms with van der Waals surface area (Å²) in [6, 6.07) is 7.11. The summed E-state index contributed by atoms with van der Waals surface area (Å²) < 4.78 is 7.72. The van der Waals surface area contributed by atoms with Crippen LogP contribution >= 0.6 is 0 Å². The largest absolute Gasteiger partial charge is 0.484 e. The van der Waals surface area contributed by atoms with Crippen molar-refractivity contribution in [3.8, 4) is 5.75 Å². The Labute approximate surface area is 158 Å². The predicted octanol–water partition coefficient (Wildman–Crippen LogP) is 2.26. The molecule has 1 aromatic carbocycles. The first kappa shape index (κ1) is 17.6. The summed E-state index contributed by atoms with van der Waals surface area (Å²) in [7, 11) is 0. The third-order valence-electron chi connectivity index (χ3n) is 4.84. The third kappa shape index (κ3) is 4.67. The molecular formula is C20H24N4O3. The van der Waals surface area contributed by atoms with Gasteiger partial charge in [0.1, 0.15) is 11.6 Å². The summed E-state index contributed by atoms with van der Waals surface area (Å²) in [4.78, 5) is 28.4. The second-order valence-electron chi connectivity index (χ2n) is 7.16. The summed E-state index contributed by atoms with van der Waals surface area (Å²) in [6.07, 6.45) is 7.30. The fourth-order valence-electron chi connectivity index (χ4n) is 3.20. The van der Waals surface area contributed by atoms with Crippen LogP contribution in [0, 0.1) is 5.92 Å². The van der Waals surface area contributed by atoms with E-state index < -0.39 is 0 Å². The van der Waals surface area contributed by atoms with E-state index in [1.165, 1.54) is 12.8 Å². The summed E-state index contributed by atoms with van der Waals surface area (Å²) in [5.74, 6) is 1.65. The predicted molar refractivity (Wildman–Crippen MR) is 100 cm³/mol. The van der Waals surface area contributed by atoms with Crippen LogP contribution in [0.25, 0.3) is 0 Å². The van der Waals surface area contributed by atoms with E-state index in [-0.39, 0.29) is 24.3 Å². The SMILES string of the molecule is O=C(COc1cccc(NC(=O)C2CC2)c1)NCc1cn2c(n1)CCCC2. The highest BCUT2D eigenvalue weighted by Crippen LogP contribution is 2.30. The van der Waals surface area contributed by atoms with E-state index in [4.69, 9.17) is 4.74 Å². The van der Waals surface area contributed by atoms with Crippen LogP contribution in [0.15, 0.2) is 30.5 Å². The number of hydrogen-bond donors (Lipinski definition) is 2. The standard InChI is InChI=1S/C20H24N4O3/c25-19(21-11-16-12-24-9-2-1-6-18(24)22-16)13-27-17-5-3-4-15(10-17)23-20(26)14-7-8-14/h3-5,10,12,14H,1-2,6-9,11,13H2,(H,21,25)(H,23,26). The van der Waals surface area contributed by atoms with Crippen LogP contribution < -0.4 is 15.4 Å². The van der Waals surface area contributed by atoms with E-state index in [0.29, 0.717) is 18.0 Å². The highest BCUT2D eigenvalue weighted by Gasteiger charge is 2.29. The highest BCUT2D eigenvalue weighted by atomic mass is 16.5. The summed E-state index contributed by atoms with van der Waals surface area (Å²) in [5.41, 5.74) is 1.57. The van der Waals surface area contributed by atoms with Crippen LogP contribution in [-0.2, 0) is 29.1 Å². The monoisotopic (exact) mass is 368 g/mol. The number of nitrogens with zero attached hydrogens (tertiary/aromatic N) is 2. The molecule has 2 amide bonds. The number of hydrogen-bond acceptors (Lipinski definition) is 4. The molecule has 2 aromatic rings. The van der Waals surface area contributed by atoms with Gasteiger partial charge in [0.05, 0.1) is 12.2 Å². The molecule has 0 unspecified atom stereocenters. The van der Waals surface area contributed by atoms with Crippen LogP contribution in [0.2, 0.25) is 0 Å². The van der Waals surface area contributed by atoms with E-state index in [1.807, 2.05) is 12.3 Å². The Kier molecular flexibility index (Phi) is 5.09. The maximum atomic E-state index is 12.1. The number of anilines is 1. The molecule has 0 bridgehead atoms. The van der Waals surface area contributed by atoms with Gasteiger partial charge in [-0.15, -0.1) is 0 Å². The normalized spacial score (nSPS) is 15.7. The molecule has 27 heavy (non-hydrogen) atoms. The van der Waals surface area contributed by atoms with Crippen LogP contribution in [-0.4, -0.2) is 28.0 Å². The molecule has 1 aliphatic heterocycles. The van der Waals surface area contributed by atoms with Gasteiger partial charge in [0.15, 0.2) is 6.61 Å². The number of fused-ring (bicyclic) bond motifs is 1. The number of rotatable bonds is 7. The van der Waals surface area contributed by atoms with E-state index in [0.717, 1.165) is 37.3 Å². The minimum Gasteiger partial charge on any atom is -0.484 e. The zero-order valence-electron chi connectivity index (χ0n) is 15.2. The van der Waals surface area contributed by atoms with E-state index in [1.54, 1.807) is 18.2 Å². The van der Waals surface area contributed by atoms with Crippen molar-refractivity contribution in [1.82, 2.24) is 14.9 Å². The topological polar surface area (TPSA) is 85.2 Å². The highest BCUT2D eigenvalue weighted by molar-refractivity contribution is 5.94. The van der Waals surface area contributed by atoms with Crippen LogP contribution in [0.1, 0.15) is 37.2 Å². The van der Waals surface area contributed by atoms with Crippen molar-refractivity contribution in [3.05, 3.63) is 42.0 Å². The molecule has 2 aliphatic rings. The molecule has 142 valence electrons. The van der Waals surface area contributed by atoms with Gasteiger partial charge in [-0.3, -0.25) is 9.59 Å². The molecule has 0 saturated heterocycles. The Morgan fingerprint density at radius 3 is 2.96 bits per heavy atom. The van der Waals surface area contributed by atoms with Gasteiger partial charge < -0.3 is 19.9 Å². The van der Waals surface area contributed by atoms with E-state index in [2.05, 4.69) is 20.2 Å². The van der Waals surface area contributed by atoms with E-state index in [9.17, 15) is 9.59 Å². The molecule has 1 aromatic heterocycles. The van der Waals surface area contributed by atoms with Gasteiger partial charge in [0.25, 0.3) is 5.91 Å². The van der Waals surface area contributed by atoms with Gasteiger partial charge in [-0.05, 0) is 37.8 Å². The minimum atomic E-state index is -0.201. The lowest BCUT2D eigenvalue weighted by molar-refractivity contribution is -0.123. The number of aryl methyl sites for hydroxylation is 2. The molecule has 1 fully saturated rings. The Hall–Kier alpha value is -2.83. The zero-order valence-corrected chi connectivity index (χ0v) is 15.2. The lowest BCUT2D eigenvalue weighted by Gasteiger charge is -2.11. The maximum absolute atomic E-state index is 12.1. The molecule has 7 nitrogen and oxygen atoms in total. The van der Waals surface area contributed by atoms with E-state index >= 15 is 0 Å². The van der Waals surface area contributed by atoms with Crippen LogP contribution in [0.3, 0.4) is 0 Å². The number of amides is 2. The number of benzene rings is 1. The fourth-order valence-corrected chi connectivity index (χ4v) is 3.20. The fraction of sp³-hybridized carbons (Fsp3) is 0.450. The first-order valence-corrected chi connectivity index (χ1v) is 9.53. The first-order chi connectivity index (χ1) is 13.2. The summed E-state index contributed by atoms with van der Waals surface area (Å²) >= 11 is 0. The molecule has 0 spiro atoms. The van der Waals surface area contributed by atoms with Gasteiger partial charge >= 0.3 is 0 Å². The second-order valence-corrected chi connectivity index (χ2v) is 7.16. The van der Waals surface area contributed by atoms with Gasteiger partial charge in [0.2, 0.25) is 5.91 Å². The lowest BCUT2D eigenvalue weighted by Crippen LogP contribution is -2.28. The quantitative estimate of drug-likeness (QED) is 0.785. The van der Waals surface area contributed by atoms with Crippen LogP contribution in [0.5, 0.6) is 5.75 Å². The molecule has 7 heteroatoms. The Balaban J connectivity index is 1.24. The van der Waals surface area contributed by atoms with Crippen molar-refractivity contribution >= 4 is 17.5 Å². The molecule has 1 saturated carbocycles. The number of imidazole rings is 1. The van der Waals surface area contributed by atoms with Crippen molar-refractivity contribution in [2.45, 2.75) is 45.2 Å². The number of nitrogens with one attached hydrogen (secondary N) is 2. The molecule has 2 heterocycles. The molecule has 0 atom stereocenters. The maximum Gasteiger partial charge on any atom is 0.258 e. The first-order valence-electron chi connectivity index (χ1n) is 9.53. The van der Waals surface area contributed by atoms with Gasteiger partial charge in [-0.2, -0.15) is 0 Å². The van der Waals surface area contributed by atoms with Crippen molar-refractivity contribution in [3.63, 3.8) is 0 Å². The zero-order chi connectivity index (χ0) is 18.6. The molecule has 4 rings (SSSR count). The number of aromatic nitrogens is 2. The number of carbonyl (C=O) groups is 2. The Morgan fingerprint density at radius 2 is 2.15 bits per heavy atom. The molecule has 1 aliphatic carbocycles. The average molecular weight is 368 g/mol. The van der Waals surface area contributed by atoms with Crippen LogP contribution in [0.4, 0.5) is 5.69 Å². The lowest BCUT2D eigenvalue weighted by atomic mass is 10.2. The third-order valence-corrected chi connectivity index (χ3v) is 4.84. The van der Waals surface area contributed by atoms with Crippen molar-refractivity contribution < 1.29 is 14.3 Å². The van der Waals surface area contributed by atoms with Gasteiger partial charge in [0, 0.05) is 36.8 Å². The Bertz CT molecular complexity index is 818. The van der Waals surface area contributed by atoms with Gasteiger partial charge in [-0.25, -0.2) is 4.98 Å². The second kappa shape index (κ2) is 7.82. The van der Waals surface area contributed by atoms with Gasteiger partial charge in [-0.1, -0.05) is 6.07 Å². The molecule has 0 radical (unpaired) electrons. The Morgan fingerprint density at radius 1 is 1.26 bits per heavy atom. The molecular weight excluding hydrogens is 344 g/mol. The smallest absolute Gasteiger partial charge is 0.258 e. The minimum absolute atomic E-state index is 0.0488.